The van der Waals surface area contributed by atoms with Crippen molar-refractivity contribution in [2.75, 3.05) is 14.2 Å². The zero-order chi connectivity index (χ0) is 13.1. The summed E-state index contributed by atoms with van der Waals surface area (Å²) in [5.41, 5.74) is 0.763. The van der Waals surface area contributed by atoms with Crippen LogP contribution in [-0.4, -0.2) is 35.1 Å². The van der Waals surface area contributed by atoms with Crippen LogP contribution in [0.4, 0.5) is 0 Å². The molecule has 0 amide bonds. The molecule has 1 aromatic carbocycles. The molecule has 1 N–H and O–H groups in total. The van der Waals surface area contributed by atoms with E-state index in [-0.39, 0.29) is 5.56 Å². The molecule has 0 saturated heterocycles. The number of hydrogen-bond acceptors (Lipinski definition) is 4. The molecule has 0 radical (unpaired) electrons. The third-order valence-corrected chi connectivity index (χ3v) is 2.46. The van der Waals surface area contributed by atoms with Crippen LogP contribution >= 0.6 is 0 Å². The maximum absolute atomic E-state index is 10.8. The lowest BCUT2D eigenvalue weighted by atomic mass is 10.2. The van der Waals surface area contributed by atoms with Crippen molar-refractivity contribution in [3.63, 3.8) is 0 Å². The quantitative estimate of drug-likeness (QED) is 0.889. The van der Waals surface area contributed by atoms with E-state index in [9.17, 15) is 4.79 Å². The number of hydrogen-bond donors (Lipinski definition) is 1. The Balaban J connectivity index is 2.45. The number of rotatable bonds is 4. The Morgan fingerprint density at radius 1 is 1.33 bits per heavy atom. The van der Waals surface area contributed by atoms with Crippen molar-refractivity contribution >= 4 is 5.97 Å². The molecule has 6 nitrogen and oxygen atoms in total. The fourth-order valence-electron chi connectivity index (χ4n) is 1.54. The third kappa shape index (κ3) is 2.13. The largest absolute Gasteiger partial charge is 0.497 e. The van der Waals surface area contributed by atoms with E-state index < -0.39 is 5.97 Å². The van der Waals surface area contributed by atoms with Crippen LogP contribution in [0.3, 0.4) is 0 Å². The first-order chi connectivity index (χ1) is 8.65. The average molecular weight is 248 g/mol. The van der Waals surface area contributed by atoms with Gasteiger partial charge in [-0.15, -0.1) is 0 Å². The van der Waals surface area contributed by atoms with Crippen molar-refractivity contribution in [3.05, 3.63) is 36.2 Å². The predicted molar refractivity (Wildman–Crippen MR) is 63.6 cm³/mol. The first-order valence-electron chi connectivity index (χ1n) is 5.16. The lowest BCUT2D eigenvalue weighted by molar-refractivity contribution is 0.0697. The Bertz CT molecular complexity index is 577. The standard InChI is InChI=1S/C12H12N2O4/c1-17-9-3-4-10(11(5-9)18-2)14-7-8(6-13-14)12(15)16/h3-7H,1-2H3,(H,15,16). The van der Waals surface area contributed by atoms with Crippen molar-refractivity contribution < 1.29 is 19.4 Å². The molecule has 0 spiro atoms. The highest BCUT2D eigenvalue weighted by Gasteiger charge is 2.11. The minimum atomic E-state index is -1.02. The summed E-state index contributed by atoms with van der Waals surface area (Å²) >= 11 is 0. The number of aromatic nitrogens is 2. The summed E-state index contributed by atoms with van der Waals surface area (Å²) in [6.07, 6.45) is 2.71. The van der Waals surface area contributed by atoms with E-state index in [1.807, 2.05) is 0 Å². The molecule has 0 unspecified atom stereocenters. The normalized spacial score (nSPS) is 10.1. The minimum absolute atomic E-state index is 0.118. The second-order valence-corrected chi connectivity index (χ2v) is 3.52. The summed E-state index contributed by atoms with van der Waals surface area (Å²) in [7, 11) is 3.09. The number of methoxy groups -OCH3 is 2. The Labute approximate surface area is 103 Å². The number of carboxylic acid groups (broad SMARTS) is 1. The van der Waals surface area contributed by atoms with E-state index >= 15 is 0 Å². The number of benzene rings is 1. The van der Waals surface area contributed by atoms with E-state index in [4.69, 9.17) is 14.6 Å². The Morgan fingerprint density at radius 2 is 2.11 bits per heavy atom. The van der Waals surface area contributed by atoms with Crippen molar-refractivity contribution in [2.45, 2.75) is 0 Å². The zero-order valence-electron chi connectivity index (χ0n) is 9.95. The summed E-state index contributed by atoms with van der Waals surface area (Å²) in [5.74, 6) is 0.185. The van der Waals surface area contributed by atoms with E-state index in [0.29, 0.717) is 17.2 Å². The van der Waals surface area contributed by atoms with E-state index in [1.165, 1.54) is 24.2 Å². The van der Waals surface area contributed by atoms with E-state index in [2.05, 4.69) is 5.10 Å². The highest BCUT2D eigenvalue weighted by Crippen LogP contribution is 2.27. The number of carbonyl (C=O) groups is 1. The number of ether oxygens (including phenoxy) is 2. The van der Waals surface area contributed by atoms with Gasteiger partial charge in [0.25, 0.3) is 0 Å². The average Bonchev–Trinajstić information content (AvgIpc) is 2.87. The van der Waals surface area contributed by atoms with Crippen LogP contribution in [0, 0.1) is 0 Å². The molecule has 0 bridgehead atoms. The Kier molecular flexibility index (Phi) is 3.18. The molecule has 1 aromatic heterocycles. The molecule has 0 atom stereocenters. The van der Waals surface area contributed by atoms with Gasteiger partial charge in [0.1, 0.15) is 17.2 Å². The molecule has 6 heteroatoms. The molecule has 0 aliphatic carbocycles. The molecule has 0 aliphatic rings. The van der Waals surface area contributed by atoms with Crippen LogP contribution in [0.2, 0.25) is 0 Å². The maximum Gasteiger partial charge on any atom is 0.338 e. The van der Waals surface area contributed by atoms with E-state index in [0.717, 1.165) is 0 Å². The van der Waals surface area contributed by atoms with Crippen LogP contribution in [0.15, 0.2) is 30.6 Å². The van der Waals surface area contributed by atoms with Crippen molar-refractivity contribution in [2.24, 2.45) is 0 Å². The van der Waals surface area contributed by atoms with Gasteiger partial charge in [-0.05, 0) is 12.1 Å². The summed E-state index contributed by atoms with van der Waals surface area (Å²) in [5, 5.41) is 12.8. The first kappa shape index (κ1) is 12.0. The molecular formula is C12H12N2O4. The van der Waals surface area contributed by atoms with Crippen molar-refractivity contribution in [3.8, 4) is 17.2 Å². The Morgan fingerprint density at radius 3 is 2.67 bits per heavy atom. The van der Waals surface area contributed by atoms with Gasteiger partial charge in [0.05, 0.1) is 26.0 Å². The maximum atomic E-state index is 10.8. The van der Waals surface area contributed by atoms with Gasteiger partial charge in [-0.1, -0.05) is 0 Å². The van der Waals surface area contributed by atoms with Gasteiger partial charge < -0.3 is 14.6 Å². The fourth-order valence-corrected chi connectivity index (χ4v) is 1.54. The van der Waals surface area contributed by atoms with Crippen molar-refractivity contribution in [1.29, 1.82) is 0 Å². The van der Waals surface area contributed by atoms with Gasteiger partial charge in [-0.2, -0.15) is 5.10 Å². The Hall–Kier alpha value is -2.50. The monoisotopic (exact) mass is 248 g/mol. The summed E-state index contributed by atoms with van der Waals surface area (Å²) in [6.45, 7) is 0. The molecule has 0 saturated carbocycles. The number of aromatic carboxylic acids is 1. The van der Waals surface area contributed by atoms with Gasteiger partial charge in [-0.3, -0.25) is 0 Å². The van der Waals surface area contributed by atoms with Crippen LogP contribution in [-0.2, 0) is 0 Å². The van der Waals surface area contributed by atoms with Gasteiger partial charge >= 0.3 is 5.97 Å². The lowest BCUT2D eigenvalue weighted by Gasteiger charge is -2.09. The second kappa shape index (κ2) is 4.79. The summed E-state index contributed by atoms with van der Waals surface area (Å²) in [6, 6.07) is 5.20. The van der Waals surface area contributed by atoms with Gasteiger partial charge in [0.15, 0.2) is 0 Å². The summed E-state index contributed by atoms with van der Waals surface area (Å²) in [4.78, 5) is 10.8. The van der Waals surface area contributed by atoms with E-state index in [1.54, 1.807) is 25.3 Å². The highest BCUT2D eigenvalue weighted by molar-refractivity contribution is 5.87. The molecule has 94 valence electrons. The number of nitrogens with zero attached hydrogens (tertiary/aromatic N) is 2. The molecule has 2 rings (SSSR count). The second-order valence-electron chi connectivity index (χ2n) is 3.52. The molecule has 0 aliphatic heterocycles. The molecular weight excluding hydrogens is 236 g/mol. The van der Waals surface area contributed by atoms with Crippen LogP contribution in [0.1, 0.15) is 10.4 Å². The van der Waals surface area contributed by atoms with Gasteiger partial charge in [-0.25, -0.2) is 9.48 Å². The predicted octanol–water partition coefficient (Wildman–Crippen LogP) is 1.59. The first-order valence-corrected chi connectivity index (χ1v) is 5.16. The fraction of sp³-hybridized carbons (Fsp3) is 0.167. The summed E-state index contributed by atoms with van der Waals surface area (Å²) < 4.78 is 11.8. The minimum Gasteiger partial charge on any atom is -0.497 e. The highest BCUT2D eigenvalue weighted by atomic mass is 16.5. The van der Waals surface area contributed by atoms with Crippen LogP contribution in [0.25, 0.3) is 5.69 Å². The zero-order valence-corrected chi connectivity index (χ0v) is 9.95. The van der Waals surface area contributed by atoms with Crippen molar-refractivity contribution in [1.82, 2.24) is 9.78 Å². The third-order valence-electron chi connectivity index (χ3n) is 2.46. The molecule has 1 heterocycles. The molecule has 0 fully saturated rings. The number of carboxylic acids is 1. The lowest BCUT2D eigenvalue weighted by Crippen LogP contribution is -1.99. The van der Waals surface area contributed by atoms with Gasteiger partial charge in [0, 0.05) is 12.3 Å². The molecule has 2 aromatic rings. The topological polar surface area (TPSA) is 73.6 Å². The smallest absolute Gasteiger partial charge is 0.338 e. The van der Waals surface area contributed by atoms with Gasteiger partial charge in [0.2, 0.25) is 0 Å². The molecule has 18 heavy (non-hydrogen) atoms. The van der Waals surface area contributed by atoms with Crippen LogP contribution in [0.5, 0.6) is 11.5 Å². The SMILES string of the molecule is COc1ccc(-n2cc(C(=O)O)cn2)c(OC)c1. The van der Waals surface area contributed by atoms with Crippen LogP contribution < -0.4 is 9.47 Å².